The van der Waals surface area contributed by atoms with Gasteiger partial charge in [-0.15, -0.1) is 0 Å². The summed E-state index contributed by atoms with van der Waals surface area (Å²) < 4.78 is 15.5. The van der Waals surface area contributed by atoms with E-state index in [1.807, 2.05) is 24.3 Å². The van der Waals surface area contributed by atoms with Gasteiger partial charge in [0.1, 0.15) is 17.1 Å². The number of hydrogen-bond acceptors (Lipinski definition) is 6. The maximum Gasteiger partial charge on any atom is 0.346 e. The van der Waals surface area contributed by atoms with Gasteiger partial charge in [0.15, 0.2) is 6.61 Å². The molecule has 3 rings (SSSR count). The van der Waals surface area contributed by atoms with Crippen molar-refractivity contribution in [2.24, 2.45) is 0 Å². The molecule has 0 aromatic heterocycles. The van der Waals surface area contributed by atoms with Gasteiger partial charge in [-0.1, -0.05) is 6.07 Å². The van der Waals surface area contributed by atoms with Crippen LogP contribution in [0.5, 0.6) is 11.5 Å². The summed E-state index contributed by atoms with van der Waals surface area (Å²) in [6, 6.07) is 12.7. The number of methoxy groups -OCH3 is 2. The van der Waals surface area contributed by atoms with Crippen LogP contribution in [0.25, 0.3) is 0 Å². The molecule has 2 aromatic carbocycles. The number of nitrogens with one attached hydrogen (secondary N) is 1. The molecule has 1 aliphatic rings. The lowest BCUT2D eigenvalue weighted by atomic mass is 10.1. The van der Waals surface area contributed by atoms with E-state index >= 15 is 0 Å². The molecule has 1 fully saturated rings. The molecule has 0 unspecified atom stereocenters. The van der Waals surface area contributed by atoms with E-state index in [1.165, 1.54) is 33.5 Å². The van der Waals surface area contributed by atoms with Gasteiger partial charge in [-0.3, -0.25) is 4.79 Å². The molecule has 0 saturated carbocycles. The zero-order valence-electron chi connectivity index (χ0n) is 16.8. The highest BCUT2D eigenvalue weighted by atomic mass is 16.5. The van der Waals surface area contributed by atoms with E-state index in [-0.39, 0.29) is 5.56 Å². The average molecular weight is 398 g/mol. The van der Waals surface area contributed by atoms with Crippen LogP contribution in [0.3, 0.4) is 0 Å². The molecule has 7 heteroatoms. The average Bonchev–Trinajstić information content (AvgIpc) is 2.78. The standard InChI is InChI=1S/C22H26N2O5/c1-27-18-7-6-8-19(28-2)21(18)22(26)29-15-20(25)23-16-9-11-17(12-10-16)24-13-4-3-5-14-24/h6-12H,3-5,13-15H2,1-2H3,(H,23,25). The SMILES string of the molecule is COc1cccc(OC)c1C(=O)OCC(=O)Nc1ccc(N2CCCCC2)cc1. The normalized spacial score (nSPS) is 13.5. The Morgan fingerprint density at radius 2 is 1.55 bits per heavy atom. The third kappa shape index (κ3) is 5.19. The highest BCUT2D eigenvalue weighted by molar-refractivity contribution is 5.98. The van der Waals surface area contributed by atoms with Crippen LogP contribution in [0.15, 0.2) is 42.5 Å². The summed E-state index contributed by atoms with van der Waals surface area (Å²) in [7, 11) is 2.90. The Kier molecular flexibility index (Phi) is 6.94. The Morgan fingerprint density at radius 1 is 0.931 bits per heavy atom. The molecule has 0 radical (unpaired) electrons. The Labute approximate surface area is 170 Å². The van der Waals surface area contributed by atoms with Gasteiger partial charge in [0.05, 0.1) is 14.2 Å². The molecule has 1 N–H and O–H groups in total. The van der Waals surface area contributed by atoms with E-state index in [2.05, 4.69) is 10.2 Å². The largest absolute Gasteiger partial charge is 0.496 e. The molecular weight excluding hydrogens is 372 g/mol. The maximum absolute atomic E-state index is 12.4. The molecule has 1 saturated heterocycles. The lowest BCUT2D eigenvalue weighted by molar-refractivity contribution is -0.119. The minimum Gasteiger partial charge on any atom is -0.496 e. The molecule has 0 bridgehead atoms. The number of carbonyl (C=O) groups is 2. The fourth-order valence-electron chi connectivity index (χ4n) is 3.36. The smallest absolute Gasteiger partial charge is 0.346 e. The quantitative estimate of drug-likeness (QED) is 0.720. The number of nitrogens with zero attached hydrogens (tertiary/aromatic N) is 1. The summed E-state index contributed by atoms with van der Waals surface area (Å²) in [6.07, 6.45) is 3.70. The Morgan fingerprint density at radius 3 is 2.14 bits per heavy atom. The molecule has 1 heterocycles. The van der Waals surface area contributed by atoms with Gasteiger partial charge in [0.2, 0.25) is 0 Å². The van der Waals surface area contributed by atoms with E-state index in [0.717, 1.165) is 18.8 Å². The maximum atomic E-state index is 12.4. The number of piperidine rings is 1. The van der Waals surface area contributed by atoms with Crippen LogP contribution in [0.4, 0.5) is 11.4 Å². The number of rotatable bonds is 7. The third-order valence-corrected chi connectivity index (χ3v) is 4.84. The Balaban J connectivity index is 1.55. The van der Waals surface area contributed by atoms with Gasteiger partial charge in [0.25, 0.3) is 5.91 Å². The fourth-order valence-corrected chi connectivity index (χ4v) is 3.36. The van der Waals surface area contributed by atoms with Crippen molar-refractivity contribution in [2.75, 3.05) is 44.1 Å². The predicted octanol–water partition coefficient (Wildman–Crippen LogP) is 3.49. The van der Waals surface area contributed by atoms with Crippen molar-refractivity contribution in [2.45, 2.75) is 19.3 Å². The highest BCUT2D eigenvalue weighted by Crippen LogP contribution is 2.29. The van der Waals surface area contributed by atoms with Gasteiger partial charge in [-0.25, -0.2) is 4.79 Å². The lowest BCUT2D eigenvalue weighted by Crippen LogP contribution is -2.29. The van der Waals surface area contributed by atoms with Gasteiger partial charge < -0.3 is 24.4 Å². The first-order valence-electron chi connectivity index (χ1n) is 9.65. The summed E-state index contributed by atoms with van der Waals surface area (Å²) >= 11 is 0. The summed E-state index contributed by atoms with van der Waals surface area (Å²) in [5.41, 5.74) is 1.95. The van der Waals surface area contributed by atoms with Crippen LogP contribution >= 0.6 is 0 Å². The number of amides is 1. The second kappa shape index (κ2) is 9.82. The monoisotopic (exact) mass is 398 g/mol. The zero-order valence-corrected chi connectivity index (χ0v) is 16.8. The van der Waals surface area contributed by atoms with E-state index in [0.29, 0.717) is 17.2 Å². The first kappa shape index (κ1) is 20.5. The number of ether oxygens (including phenoxy) is 3. The van der Waals surface area contributed by atoms with Crippen LogP contribution in [0.2, 0.25) is 0 Å². The van der Waals surface area contributed by atoms with E-state index < -0.39 is 18.5 Å². The molecule has 0 aliphatic carbocycles. The minimum atomic E-state index is -0.685. The predicted molar refractivity (Wildman–Crippen MR) is 111 cm³/mol. The summed E-state index contributed by atoms with van der Waals surface area (Å²) in [5.74, 6) is -0.459. The van der Waals surface area contributed by atoms with E-state index in [1.54, 1.807) is 18.2 Å². The van der Waals surface area contributed by atoms with Crippen LogP contribution in [-0.4, -0.2) is 45.8 Å². The minimum absolute atomic E-state index is 0.149. The van der Waals surface area contributed by atoms with Crippen LogP contribution in [-0.2, 0) is 9.53 Å². The molecule has 1 aliphatic heterocycles. The summed E-state index contributed by atoms with van der Waals surface area (Å²) in [4.78, 5) is 26.9. The molecular formula is C22H26N2O5. The van der Waals surface area contributed by atoms with Crippen molar-refractivity contribution in [3.05, 3.63) is 48.0 Å². The number of benzene rings is 2. The van der Waals surface area contributed by atoms with Crippen LogP contribution in [0, 0.1) is 0 Å². The Hall–Kier alpha value is -3.22. The number of anilines is 2. The number of hydrogen-bond donors (Lipinski definition) is 1. The molecule has 0 atom stereocenters. The lowest BCUT2D eigenvalue weighted by Gasteiger charge is -2.28. The van der Waals surface area contributed by atoms with Crippen molar-refractivity contribution in [1.29, 1.82) is 0 Å². The van der Waals surface area contributed by atoms with E-state index in [9.17, 15) is 9.59 Å². The van der Waals surface area contributed by atoms with Crippen molar-refractivity contribution in [3.63, 3.8) is 0 Å². The highest BCUT2D eigenvalue weighted by Gasteiger charge is 2.20. The first-order chi connectivity index (χ1) is 14.1. The molecule has 1 amide bonds. The summed E-state index contributed by atoms with van der Waals surface area (Å²) in [6.45, 7) is 1.72. The van der Waals surface area contributed by atoms with Crippen molar-refractivity contribution in [1.82, 2.24) is 0 Å². The second-order valence-electron chi connectivity index (χ2n) is 6.76. The zero-order chi connectivity index (χ0) is 20.6. The number of carbonyl (C=O) groups excluding carboxylic acids is 2. The third-order valence-electron chi connectivity index (χ3n) is 4.84. The molecule has 154 valence electrons. The first-order valence-corrected chi connectivity index (χ1v) is 9.65. The summed E-state index contributed by atoms with van der Waals surface area (Å²) in [5, 5.41) is 2.74. The molecule has 0 spiro atoms. The molecule has 29 heavy (non-hydrogen) atoms. The van der Waals surface area contributed by atoms with Crippen LogP contribution in [0.1, 0.15) is 29.6 Å². The topological polar surface area (TPSA) is 77.1 Å². The van der Waals surface area contributed by atoms with Gasteiger partial charge in [0, 0.05) is 24.5 Å². The van der Waals surface area contributed by atoms with Gasteiger partial charge in [-0.2, -0.15) is 0 Å². The molecule has 2 aromatic rings. The second-order valence-corrected chi connectivity index (χ2v) is 6.76. The van der Waals surface area contributed by atoms with Crippen LogP contribution < -0.4 is 19.7 Å². The Bertz CT molecular complexity index is 823. The van der Waals surface area contributed by atoms with Gasteiger partial charge >= 0.3 is 5.97 Å². The van der Waals surface area contributed by atoms with Crippen molar-refractivity contribution in [3.8, 4) is 11.5 Å². The number of esters is 1. The fraction of sp³-hybridized carbons (Fsp3) is 0.364. The van der Waals surface area contributed by atoms with Crippen molar-refractivity contribution >= 4 is 23.3 Å². The van der Waals surface area contributed by atoms with Crippen molar-refractivity contribution < 1.29 is 23.8 Å². The van der Waals surface area contributed by atoms with E-state index in [4.69, 9.17) is 14.2 Å². The molecule has 7 nitrogen and oxygen atoms in total. The van der Waals surface area contributed by atoms with Gasteiger partial charge in [-0.05, 0) is 55.7 Å².